The number of rotatable bonds is 4. The first-order valence-electron chi connectivity index (χ1n) is 7.14. The molecule has 1 aliphatic rings. The van der Waals surface area contributed by atoms with Crippen molar-refractivity contribution in [2.75, 3.05) is 26.2 Å². The molecule has 0 N–H and O–H groups in total. The van der Waals surface area contributed by atoms with E-state index in [9.17, 15) is 0 Å². The van der Waals surface area contributed by atoms with Gasteiger partial charge >= 0.3 is 0 Å². The van der Waals surface area contributed by atoms with Crippen LogP contribution in [0.25, 0.3) is 0 Å². The van der Waals surface area contributed by atoms with Crippen LogP contribution in [0.1, 0.15) is 11.3 Å². The third-order valence-electron chi connectivity index (χ3n) is 3.73. The summed E-state index contributed by atoms with van der Waals surface area (Å²) in [7, 11) is 0. The standard InChI is InChI=1S/C16H20N4/c1-2-6-18-16(3-1)14-20-11-9-19(10-12-20)13-15-4-7-17-8-5-15/h1-8H,9-14H2. The average molecular weight is 268 g/mol. The molecule has 4 nitrogen and oxygen atoms in total. The summed E-state index contributed by atoms with van der Waals surface area (Å²) in [6.07, 6.45) is 5.61. The molecule has 1 saturated heterocycles. The first-order valence-corrected chi connectivity index (χ1v) is 7.14. The van der Waals surface area contributed by atoms with Crippen LogP contribution in [-0.2, 0) is 13.1 Å². The zero-order valence-corrected chi connectivity index (χ0v) is 11.7. The van der Waals surface area contributed by atoms with Crippen molar-refractivity contribution in [3.05, 3.63) is 60.2 Å². The van der Waals surface area contributed by atoms with Crippen molar-refractivity contribution in [2.24, 2.45) is 0 Å². The zero-order valence-electron chi connectivity index (χ0n) is 11.7. The Hall–Kier alpha value is -1.78. The van der Waals surface area contributed by atoms with Gasteiger partial charge in [-0.1, -0.05) is 6.07 Å². The Kier molecular flexibility index (Phi) is 4.35. The maximum Gasteiger partial charge on any atom is 0.0543 e. The summed E-state index contributed by atoms with van der Waals surface area (Å²) in [6, 6.07) is 10.3. The lowest BCUT2D eigenvalue weighted by Crippen LogP contribution is -2.45. The number of piperazine rings is 1. The van der Waals surface area contributed by atoms with Gasteiger partial charge in [-0.15, -0.1) is 0 Å². The quantitative estimate of drug-likeness (QED) is 0.846. The van der Waals surface area contributed by atoms with E-state index >= 15 is 0 Å². The van der Waals surface area contributed by atoms with E-state index in [0.717, 1.165) is 45.0 Å². The largest absolute Gasteiger partial charge is 0.297 e. The van der Waals surface area contributed by atoms with E-state index in [0.29, 0.717) is 0 Å². The van der Waals surface area contributed by atoms with Crippen LogP contribution in [0.2, 0.25) is 0 Å². The van der Waals surface area contributed by atoms with Crippen LogP contribution >= 0.6 is 0 Å². The molecule has 2 aromatic heterocycles. The molecule has 3 heterocycles. The van der Waals surface area contributed by atoms with Crippen molar-refractivity contribution in [2.45, 2.75) is 13.1 Å². The molecule has 0 atom stereocenters. The predicted molar refractivity (Wildman–Crippen MR) is 79.0 cm³/mol. The Bertz CT molecular complexity index is 457. The fraction of sp³-hybridized carbons (Fsp3) is 0.375. The van der Waals surface area contributed by atoms with E-state index in [4.69, 9.17) is 0 Å². The Balaban J connectivity index is 1.47. The number of hydrogen-bond donors (Lipinski definition) is 0. The second-order valence-electron chi connectivity index (χ2n) is 5.23. The fourth-order valence-electron chi connectivity index (χ4n) is 2.57. The molecule has 20 heavy (non-hydrogen) atoms. The summed E-state index contributed by atoms with van der Waals surface area (Å²) in [5.74, 6) is 0. The first kappa shape index (κ1) is 13.2. The van der Waals surface area contributed by atoms with E-state index in [-0.39, 0.29) is 0 Å². The van der Waals surface area contributed by atoms with Gasteiger partial charge in [-0.3, -0.25) is 19.8 Å². The molecule has 0 unspecified atom stereocenters. The molecule has 0 bridgehead atoms. The van der Waals surface area contributed by atoms with Gasteiger partial charge in [0.15, 0.2) is 0 Å². The van der Waals surface area contributed by atoms with E-state index in [1.165, 1.54) is 5.56 Å². The van der Waals surface area contributed by atoms with Crippen molar-refractivity contribution in [1.82, 2.24) is 19.8 Å². The molecule has 2 aromatic rings. The highest BCUT2D eigenvalue weighted by Gasteiger charge is 2.17. The molecule has 104 valence electrons. The third-order valence-corrected chi connectivity index (χ3v) is 3.73. The fourth-order valence-corrected chi connectivity index (χ4v) is 2.57. The van der Waals surface area contributed by atoms with Crippen LogP contribution in [-0.4, -0.2) is 45.9 Å². The van der Waals surface area contributed by atoms with E-state index < -0.39 is 0 Å². The van der Waals surface area contributed by atoms with Crippen LogP contribution in [0.4, 0.5) is 0 Å². The normalized spacial score (nSPS) is 17.2. The molecule has 0 aliphatic carbocycles. The van der Waals surface area contributed by atoms with Crippen molar-refractivity contribution in [3.63, 3.8) is 0 Å². The molecule has 3 rings (SSSR count). The van der Waals surface area contributed by atoms with Gasteiger partial charge in [0.25, 0.3) is 0 Å². The summed E-state index contributed by atoms with van der Waals surface area (Å²) < 4.78 is 0. The highest BCUT2D eigenvalue weighted by molar-refractivity contribution is 5.09. The van der Waals surface area contributed by atoms with E-state index in [2.05, 4.69) is 44.0 Å². The Labute approximate surface area is 120 Å². The van der Waals surface area contributed by atoms with E-state index in [1.807, 2.05) is 24.7 Å². The molecule has 0 amide bonds. The smallest absolute Gasteiger partial charge is 0.0543 e. The minimum atomic E-state index is 0.962. The first-order chi connectivity index (χ1) is 9.90. The maximum absolute atomic E-state index is 4.40. The summed E-state index contributed by atoms with van der Waals surface area (Å²) in [6.45, 7) is 6.46. The molecule has 0 saturated carbocycles. The Morgan fingerprint density at radius 3 is 2.15 bits per heavy atom. The second-order valence-corrected chi connectivity index (χ2v) is 5.23. The Morgan fingerprint density at radius 2 is 1.50 bits per heavy atom. The summed E-state index contributed by atoms with van der Waals surface area (Å²) in [4.78, 5) is 13.4. The molecular formula is C16H20N4. The van der Waals surface area contributed by atoms with Gasteiger partial charge in [0.05, 0.1) is 5.69 Å². The number of hydrogen-bond acceptors (Lipinski definition) is 4. The predicted octanol–water partition coefficient (Wildman–Crippen LogP) is 1.79. The minimum Gasteiger partial charge on any atom is -0.297 e. The van der Waals surface area contributed by atoms with Gasteiger partial charge in [-0.05, 0) is 29.8 Å². The third kappa shape index (κ3) is 3.62. The lowest BCUT2D eigenvalue weighted by Gasteiger charge is -2.34. The number of aromatic nitrogens is 2. The monoisotopic (exact) mass is 268 g/mol. The van der Waals surface area contributed by atoms with Gasteiger partial charge < -0.3 is 0 Å². The lowest BCUT2D eigenvalue weighted by atomic mass is 10.2. The SMILES string of the molecule is c1ccc(CN2CCN(Cc3ccncc3)CC2)nc1. The van der Waals surface area contributed by atoms with Crippen LogP contribution in [0.5, 0.6) is 0 Å². The van der Waals surface area contributed by atoms with Gasteiger partial charge in [-0.2, -0.15) is 0 Å². The molecule has 4 heteroatoms. The van der Waals surface area contributed by atoms with Crippen molar-refractivity contribution < 1.29 is 0 Å². The highest BCUT2D eigenvalue weighted by Crippen LogP contribution is 2.09. The Morgan fingerprint density at radius 1 is 0.800 bits per heavy atom. The van der Waals surface area contributed by atoms with Crippen LogP contribution in [0.15, 0.2) is 48.9 Å². The van der Waals surface area contributed by atoms with Crippen molar-refractivity contribution in [1.29, 1.82) is 0 Å². The summed E-state index contributed by atoms with van der Waals surface area (Å²) in [5, 5.41) is 0. The molecule has 1 aliphatic heterocycles. The van der Waals surface area contributed by atoms with Gasteiger partial charge in [0, 0.05) is 57.9 Å². The maximum atomic E-state index is 4.40. The molecule has 0 aromatic carbocycles. The van der Waals surface area contributed by atoms with Crippen molar-refractivity contribution in [3.8, 4) is 0 Å². The summed E-state index contributed by atoms with van der Waals surface area (Å²) in [5.41, 5.74) is 2.51. The van der Waals surface area contributed by atoms with Gasteiger partial charge in [0.2, 0.25) is 0 Å². The van der Waals surface area contributed by atoms with Gasteiger partial charge in [0.1, 0.15) is 0 Å². The lowest BCUT2D eigenvalue weighted by molar-refractivity contribution is 0.121. The average Bonchev–Trinajstić information content (AvgIpc) is 2.51. The molecule has 1 fully saturated rings. The van der Waals surface area contributed by atoms with Crippen LogP contribution < -0.4 is 0 Å². The zero-order chi connectivity index (χ0) is 13.6. The van der Waals surface area contributed by atoms with Crippen LogP contribution in [0, 0.1) is 0 Å². The van der Waals surface area contributed by atoms with Crippen LogP contribution in [0.3, 0.4) is 0 Å². The molecule has 0 spiro atoms. The topological polar surface area (TPSA) is 32.3 Å². The van der Waals surface area contributed by atoms with Crippen molar-refractivity contribution >= 4 is 0 Å². The van der Waals surface area contributed by atoms with Gasteiger partial charge in [-0.25, -0.2) is 0 Å². The summed E-state index contributed by atoms with van der Waals surface area (Å²) >= 11 is 0. The highest BCUT2D eigenvalue weighted by atomic mass is 15.3. The molecular weight excluding hydrogens is 248 g/mol. The minimum absolute atomic E-state index is 0.962. The molecule has 0 radical (unpaired) electrons. The second kappa shape index (κ2) is 6.59. The number of nitrogens with zero attached hydrogens (tertiary/aromatic N) is 4. The van der Waals surface area contributed by atoms with E-state index in [1.54, 1.807) is 0 Å². The number of pyridine rings is 2.